The van der Waals surface area contributed by atoms with E-state index in [1.54, 1.807) is 0 Å². The van der Waals surface area contributed by atoms with Crippen LogP contribution in [0.1, 0.15) is 25.5 Å². The zero-order valence-electron chi connectivity index (χ0n) is 7.26. The highest BCUT2D eigenvalue weighted by Crippen LogP contribution is 2.46. The molecule has 1 aromatic rings. The van der Waals surface area contributed by atoms with E-state index in [1.165, 1.54) is 12.8 Å². The van der Waals surface area contributed by atoms with Gasteiger partial charge in [0.25, 0.3) is 0 Å². The number of imidazole rings is 1. The van der Waals surface area contributed by atoms with Crippen molar-refractivity contribution >= 4 is 11.6 Å². The molecule has 0 bridgehead atoms. The first-order valence-corrected chi connectivity index (χ1v) is 4.82. The molecule has 0 unspecified atom stereocenters. The molecule has 1 aliphatic carbocycles. The summed E-state index contributed by atoms with van der Waals surface area (Å²) in [7, 11) is 0. The second kappa shape index (κ2) is 2.77. The maximum absolute atomic E-state index is 5.76. The lowest BCUT2D eigenvalue weighted by Gasteiger charge is -2.10. The van der Waals surface area contributed by atoms with Crippen molar-refractivity contribution in [1.29, 1.82) is 0 Å². The Morgan fingerprint density at radius 1 is 1.67 bits per heavy atom. The number of hydrogen-bond acceptors (Lipinski definition) is 1. The van der Waals surface area contributed by atoms with Crippen LogP contribution in [0.3, 0.4) is 0 Å². The van der Waals surface area contributed by atoms with E-state index in [9.17, 15) is 0 Å². The van der Waals surface area contributed by atoms with Gasteiger partial charge in [-0.05, 0) is 18.3 Å². The smallest absolute Gasteiger partial charge is 0.0948 e. The standard InChI is InChI=1S/C9H13ClN2/c1-9(2-3-9)6-12-7-11-5-8(12)4-10/h5,7H,2-4,6H2,1H3. The second-order valence-electron chi connectivity index (χ2n) is 3.96. The van der Waals surface area contributed by atoms with Crippen LogP contribution in [0.2, 0.25) is 0 Å². The van der Waals surface area contributed by atoms with E-state index in [0.29, 0.717) is 11.3 Å². The third kappa shape index (κ3) is 1.48. The molecule has 0 aromatic carbocycles. The van der Waals surface area contributed by atoms with Crippen molar-refractivity contribution in [2.75, 3.05) is 0 Å². The highest BCUT2D eigenvalue weighted by atomic mass is 35.5. The number of halogens is 1. The Kier molecular flexibility index (Phi) is 1.87. The van der Waals surface area contributed by atoms with Crippen LogP contribution in [0.4, 0.5) is 0 Å². The molecule has 1 aromatic heterocycles. The first-order chi connectivity index (χ1) is 5.73. The number of aromatic nitrogens is 2. The average molecular weight is 185 g/mol. The molecule has 12 heavy (non-hydrogen) atoms. The van der Waals surface area contributed by atoms with Crippen molar-refractivity contribution in [2.24, 2.45) is 5.41 Å². The van der Waals surface area contributed by atoms with Crippen molar-refractivity contribution in [3.05, 3.63) is 18.2 Å². The summed E-state index contributed by atoms with van der Waals surface area (Å²) in [5, 5.41) is 0. The van der Waals surface area contributed by atoms with Gasteiger partial charge in [-0.25, -0.2) is 4.98 Å². The Bertz CT molecular complexity index is 276. The fourth-order valence-electron chi connectivity index (χ4n) is 1.38. The molecule has 3 heteroatoms. The maximum Gasteiger partial charge on any atom is 0.0948 e. The molecule has 0 N–H and O–H groups in total. The summed E-state index contributed by atoms with van der Waals surface area (Å²) in [6.45, 7) is 3.39. The predicted molar refractivity (Wildman–Crippen MR) is 49.1 cm³/mol. The second-order valence-corrected chi connectivity index (χ2v) is 4.22. The fourth-order valence-corrected chi connectivity index (χ4v) is 1.61. The van der Waals surface area contributed by atoms with Gasteiger partial charge in [-0.15, -0.1) is 11.6 Å². The molecule has 1 heterocycles. The van der Waals surface area contributed by atoms with E-state index in [2.05, 4.69) is 16.5 Å². The van der Waals surface area contributed by atoms with Crippen LogP contribution in [0.25, 0.3) is 0 Å². The summed E-state index contributed by atoms with van der Waals surface area (Å²) >= 11 is 5.76. The van der Waals surface area contributed by atoms with Crippen molar-refractivity contribution < 1.29 is 0 Å². The average Bonchev–Trinajstić information content (AvgIpc) is 2.64. The predicted octanol–water partition coefficient (Wildman–Crippen LogP) is 2.42. The molecule has 66 valence electrons. The SMILES string of the molecule is CC1(Cn2cncc2CCl)CC1. The summed E-state index contributed by atoms with van der Waals surface area (Å²) in [4.78, 5) is 4.08. The lowest BCUT2D eigenvalue weighted by molar-refractivity contribution is 0.457. The van der Waals surface area contributed by atoms with E-state index in [4.69, 9.17) is 11.6 Å². The highest BCUT2D eigenvalue weighted by molar-refractivity contribution is 6.16. The van der Waals surface area contributed by atoms with E-state index in [-0.39, 0.29) is 0 Å². The molecule has 1 aliphatic rings. The third-order valence-electron chi connectivity index (χ3n) is 2.59. The number of nitrogens with zero attached hydrogens (tertiary/aromatic N) is 2. The fraction of sp³-hybridized carbons (Fsp3) is 0.667. The summed E-state index contributed by atoms with van der Waals surface area (Å²) < 4.78 is 2.17. The van der Waals surface area contributed by atoms with Gasteiger partial charge in [0.1, 0.15) is 0 Å². The van der Waals surface area contributed by atoms with Gasteiger partial charge in [0.2, 0.25) is 0 Å². The minimum Gasteiger partial charge on any atom is -0.333 e. The van der Waals surface area contributed by atoms with Gasteiger partial charge in [0, 0.05) is 12.7 Å². The molecule has 2 nitrogen and oxygen atoms in total. The summed E-state index contributed by atoms with van der Waals surface area (Å²) in [5.74, 6) is 0.566. The molecule has 2 rings (SSSR count). The minimum atomic E-state index is 0.529. The molecule has 0 radical (unpaired) electrons. The Morgan fingerprint density at radius 3 is 3.00 bits per heavy atom. The summed E-state index contributed by atoms with van der Waals surface area (Å²) in [5.41, 5.74) is 1.66. The van der Waals surface area contributed by atoms with E-state index >= 15 is 0 Å². The first kappa shape index (κ1) is 8.11. The van der Waals surface area contributed by atoms with Gasteiger partial charge < -0.3 is 4.57 Å². The Morgan fingerprint density at radius 2 is 2.42 bits per heavy atom. The lowest BCUT2D eigenvalue weighted by atomic mass is 10.1. The van der Waals surface area contributed by atoms with Gasteiger partial charge in [-0.2, -0.15) is 0 Å². The van der Waals surface area contributed by atoms with Gasteiger partial charge in [-0.1, -0.05) is 6.92 Å². The quantitative estimate of drug-likeness (QED) is 0.660. The molecule has 0 amide bonds. The Hall–Kier alpha value is -0.500. The molecular weight excluding hydrogens is 172 g/mol. The molecule has 0 saturated heterocycles. The van der Waals surface area contributed by atoms with Crippen LogP contribution in [0, 0.1) is 5.41 Å². The van der Waals surface area contributed by atoms with Crippen molar-refractivity contribution in [2.45, 2.75) is 32.2 Å². The number of rotatable bonds is 3. The minimum absolute atomic E-state index is 0.529. The largest absolute Gasteiger partial charge is 0.333 e. The van der Waals surface area contributed by atoms with Gasteiger partial charge >= 0.3 is 0 Å². The molecule has 0 atom stereocenters. The molecule has 1 saturated carbocycles. The molecule has 1 fully saturated rings. The van der Waals surface area contributed by atoms with Crippen LogP contribution >= 0.6 is 11.6 Å². The van der Waals surface area contributed by atoms with Crippen molar-refractivity contribution in [3.8, 4) is 0 Å². The van der Waals surface area contributed by atoms with E-state index < -0.39 is 0 Å². The van der Waals surface area contributed by atoms with Crippen LogP contribution in [-0.4, -0.2) is 9.55 Å². The highest BCUT2D eigenvalue weighted by Gasteiger charge is 2.37. The third-order valence-corrected chi connectivity index (χ3v) is 2.86. The van der Waals surface area contributed by atoms with Crippen molar-refractivity contribution in [1.82, 2.24) is 9.55 Å². The molecular formula is C9H13ClN2. The Labute approximate surface area is 77.6 Å². The number of alkyl halides is 1. The monoisotopic (exact) mass is 184 g/mol. The molecule has 0 spiro atoms. The van der Waals surface area contributed by atoms with Gasteiger partial charge in [0.15, 0.2) is 0 Å². The van der Waals surface area contributed by atoms with Crippen LogP contribution in [0.5, 0.6) is 0 Å². The maximum atomic E-state index is 5.76. The lowest BCUT2D eigenvalue weighted by Crippen LogP contribution is -2.08. The van der Waals surface area contributed by atoms with Crippen LogP contribution in [0.15, 0.2) is 12.5 Å². The summed E-state index contributed by atoms with van der Waals surface area (Å²) in [6, 6.07) is 0. The number of hydrogen-bond donors (Lipinski definition) is 0. The Balaban J connectivity index is 2.11. The van der Waals surface area contributed by atoms with E-state index in [1.807, 2.05) is 12.5 Å². The van der Waals surface area contributed by atoms with Crippen LogP contribution in [-0.2, 0) is 12.4 Å². The van der Waals surface area contributed by atoms with Crippen LogP contribution < -0.4 is 0 Å². The van der Waals surface area contributed by atoms with E-state index in [0.717, 1.165) is 12.2 Å². The van der Waals surface area contributed by atoms with Crippen molar-refractivity contribution in [3.63, 3.8) is 0 Å². The zero-order valence-corrected chi connectivity index (χ0v) is 8.01. The molecule has 0 aliphatic heterocycles. The van der Waals surface area contributed by atoms with Gasteiger partial charge in [-0.3, -0.25) is 0 Å². The first-order valence-electron chi connectivity index (χ1n) is 4.28. The van der Waals surface area contributed by atoms with Gasteiger partial charge in [0.05, 0.1) is 17.9 Å². The normalized spacial score (nSPS) is 19.5. The summed E-state index contributed by atoms with van der Waals surface area (Å²) in [6.07, 6.45) is 6.40. The topological polar surface area (TPSA) is 17.8 Å². The zero-order chi connectivity index (χ0) is 8.60.